The van der Waals surface area contributed by atoms with Gasteiger partial charge in [0.15, 0.2) is 5.16 Å². The molecule has 0 aliphatic rings. The highest BCUT2D eigenvalue weighted by molar-refractivity contribution is 7.99. The molecule has 0 saturated heterocycles. The minimum absolute atomic E-state index is 0.0406. The third-order valence-corrected chi connectivity index (χ3v) is 3.34. The summed E-state index contributed by atoms with van der Waals surface area (Å²) in [7, 11) is 1.81. The van der Waals surface area contributed by atoms with Crippen molar-refractivity contribution in [2.75, 3.05) is 5.73 Å². The van der Waals surface area contributed by atoms with Gasteiger partial charge < -0.3 is 10.3 Å². The van der Waals surface area contributed by atoms with Gasteiger partial charge in [0.2, 0.25) is 0 Å². The lowest BCUT2D eigenvalue weighted by molar-refractivity contribution is 0.628. The molecule has 0 aliphatic heterocycles. The van der Waals surface area contributed by atoms with Crippen LogP contribution in [0.5, 0.6) is 0 Å². The van der Waals surface area contributed by atoms with Crippen molar-refractivity contribution < 1.29 is 4.39 Å². The number of aryl methyl sites for hydroxylation is 1. The summed E-state index contributed by atoms with van der Waals surface area (Å²) >= 11 is 6.96. The van der Waals surface area contributed by atoms with E-state index in [4.69, 9.17) is 17.3 Å². The van der Waals surface area contributed by atoms with Crippen LogP contribution in [0.2, 0.25) is 5.02 Å². The van der Waals surface area contributed by atoms with Gasteiger partial charge in [-0.25, -0.2) is 4.39 Å². The number of nitrogens with zero attached hydrogens (tertiary/aromatic N) is 3. The smallest absolute Gasteiger partial charge is 0.195 e. The fourth-order valence-corrected chi connectivity index (χ4v) is 2.15. The molecule has 1 heterocycles. The highest BCUT2D eigenvalue weighted by Gasteiger charge is 2.10. The fourth-order valence-electron chi connectivity index (χ4n) is 1.10. The minimum atomic E-state index is -0.526. The Morgan fingerprint density at radius 1 is 1.50 bits per heavy atom. The van der Waals surface area contributed by atoms with Crippen LogP contribution in [0.3, 0.4) is 0 Å². The van der Waals surface area contributed by atoms with E-state index in [1.165, 1.54) is 23.9 Å². The molecule has 1 aromatic heterocycles. The van der Waals surface area contributed by atoms with E-state index in [0.717, 1.165) is 0 Å². The van der Waals surface area contributed by atoms with Crippen molar-refractivity contribution >= 4 is 29.1 Å². The van der Waals surface area contributed by atoms with Gasteiger partial charge in [-0.05, 0) is 23.9 Å². The van der Waals surface area contributed by atoms with Gasteiger partial charge in [-0.2, -0.15) is 0 Å². The summed E-state index contributed by atoms with van der Waals surface area (Å²) in [6.45, 7) is 0. The maximum Gasteiger partial charge on any atom is 0.195 e. The Balaban J connectivity index is 2.35. The van der Waals surface area contributed by atoms with E-state index in [1.807, 2.05) is 7.05 Å². The van der Waals surface area contributed by atoms with Gasteiger partial charge in [0, 0.05) is 17.6 Å². The van der Waals surface area contributed by atoms with Crippen LogP contribution in [0.15, 0.2) is 28.5 Å². The number of halogens is 2. The van der Waals surface area contributed by atoms with Crippen molar-refractivity contribution in [3.63, 3.8) is 0 Å². The summed E-state index contributed by atoms with van der Waals surface area (Å²) in [5.74, 6) is -0.526. The van der Waals surface area contributed by atoms with E-state index in [-0.39, 0.29) is 5.02 Å². The second-order valence-electron chi connectivity index (χ2n) is 3.13. The summed E-state index contributed by atoms with van der Waals surface area (Å²) in [5.41, 5.74) is 6.01. The first-order valence-electron chi connectivity index (χ1n) is 4.34. The van der Waals surface area contributed by atoms with E-state index in [0.29, 0.717) is 15.7 Å². The van der Waals surface area contributed by atoms with E-state index < -0.39 is 5.82 Å². The van der Waals surface area contributed by atoms with Crippen LogP contribution in [0.4, 0.5) is 10.1 Å². The number of hydrogen-bond donors (Lipinski definition) is 1. The highest BCUT2D eigenvalue weighted by Crippen LogP contribution is 2.33. The molecule has 2 rings (SSSR count). The molecule has 0 atom stereocenters. The molecule has 0 radical (unpaired) electrons. The number of anilines is 1. The Morgan fingerprint density at radius 2 is 2.25 bits per heavy atom. The van der Waals surface area contributed by atoms with Gasteiger partial charge in [0.05, 0.1) is 5.02 Å². The molecule has 0 aliphatic carbocycles. The summed E-state index contributed by atoms with van der Waals surface area (Å²) in [4.78, 5) is 0.655. The average Bonchev–Trinajstić information content (AvgIpc) is 2.61. The zero-order chi connectivity index (χ0) is 11.7. The fraction of sp³-hybridized carbons (Fsp3) is 0.111. The number of nitrogens with two attached hydrogens (primary N) is 1. The largest absolute Gasteiger partial charge is 0.398 e. The molecule has 0 spiro atoms. The number of benzene rings is 1. The Hall–Kier alpha value is -1.27. The lowest BCUT2D eigenvalue weighted by Crippen LogP contribution is -1.93. The van der Waals surface area contributed by atoms with Crippen LogP contribution in [0, 0.1) is 5.82 Å². The van der Waals surface area contributed by atoms with E-state index in [9.17, 15) is 4.39 Å². The molecule has 2 N–H and O–H groups in total. The molecule has 0 bridgehead atoms. The molecule has 4 nitrogen and oxygen atoms in total. The van der Waals surface area contributed by atoms with Crippen LogP contribution >= 0.6 is 23.4 Å². The Labute approximate surface area is 101 Å². The van der Waals surface area contributed by atoms with E-state index in [1.54, 1.807) is 10.9 Å². The quantitative estimate of drug-likeness (QED) is 0.840. The molecule has 2 aromatic rings. The molecule has 84 valence electrons. The van der Waals surface area contributed by atoms with Crippen molar-refractivity contribution in [1.29, 1.82) is 0 Å². The second kappa shape index (κ2) is 4.31. The van der Waals surface area contributed by atoms with Crippen molar-refractivity contribution in [2.45, 2.75) is 10.1 Å². The summed E-state index contributed by atoms with van der Waals surface area (Å²) < 4.78 is 14.8. The van der Waals surface area contributed by atoms with Crippen LogP contribution in [0.1, 0.15) is 0 Å². The molecule has 16 heavy (non-hydrogen) atoms. The Morgan fingerprint density at radius 3 is 2.88 bits per heavy atom. The zero-order valence-electron chi connectivity index (χ0n) is 8.32. The first kappa shape index (κ1) is 11.2. The van der Waals surface area contributed by atoms with Gasteiger partial charge in [0.25, 0.3) is 0 Å². The van der Waals surface area contributed by atoms with Gasteiger partial charge >= 0.3 is 0 Å². The molecule has 7 heteroatoms. The molecule has 0 saturated carbocycles. The first-order chi connectivity index (χ1) is 7.58. The second-order valence-corrected chi connectivity index (χ2v) is 4.55. The highest BCUT2D eigenvalue weighted by atomic mass is 35.5. The maximum atomic E-state index is 13.1. The number of nitrogen functional groups attached to an aromatic ring is 1. The maximum absolute atomic E-state index is 13.1. The molecular formula is C9H8ClFN4S. The Bertz CT molecular complexity index is 528. The number of hydrogen-bond acceptors (Lipinski definition) is 4. The SMILES string of the molecule is Cn1cnnc1Sc1cc(Cl)c(F)cc1N. The third-order valence-electron chi connectivity index (χ3n) is 1.92. The molecule has 0 amide bonds. The molecule has 1 aromatic carbocycles. The van der Waals surface area contributed by atoms with E-state index in [2.05, 4.69) is 10.2 Å². The van der Waals surface area contributed by atoms with Crippen molar-refractivity contribution in [2.24, 2.45) is 7.05 Å². The monoisotopic (exact) mass is 258 g/mol. The average molecular weight is 259 g/mol. The number of rotatable bonds is 2. The van der Waals surface area contributed by atoms with Crippen LogP contribution in [0.25, 0.3) is 0 Å². The van der Waals surface area contributed by atoms with Crippen molar-refractivity contribution in [3.05, 3.63) is 29.3 Å². The Kier molecular flexibility index (Phi) is 3.02. The van der Waals surface area contributed by atoms with Crippen LogP contribution in [-0.4, -0.2) is 14.8 Å². The summed E-state index contributed by atoms with van der Waals surface area (Å²) in [6, 6.07) is 2.67. The van der Waals surface area contributed by atoms with E-state index >= 15 is 0 Å². The normalized spacial score (nSPS) is 10.7. The standard InChI is InChI=1S/C9H8ClFN4S/c1-15-4-13-14-9(15)16-8-2-5(10)6(11)3-7(8)12/h2-4H,12H2,1H3. The van der Waals surface area contributed by atoms with Crippen molar-refractivity contribution in [1.82, 2.24) is 14.8 Å². The predicted molar refractivity (Wildman–Crippen MR) is 60.9 cm³/mol. The minimum Gasteiger partial charge on any atom is -0.398 e. The van der Waals surface area contributed by atoms with Gasteiger partial charge in [-0.15, -0.1) is 10.2 Å². The predicted octanol–water partition coefficient (Wildman–Crippen LogP) is 2.34. The first-order valence-corrected chi connectivity index (χ1v) is 5.53. The molecule has 0 unspecified atom stereocenters. The summed E-state index contributed by atoms with van der Waals surface area (Å²) in [6.07, 6.45) is 1.57. The third kappa shape index (κ3) is 2.12. The lowest BCUT2D eigenvalue weighted by atomic mass is 10.3. The van der Waals surface area contributed by atoms with Gasteiger partial charge in [-0.3, -0.25) is 0 Å². The van der Waals surface area contributed by atoms with Crippen LogP contribution < -0.4 is 5.73 Å². The van der Waals surface area contributed by atoms with Crippen LogP contribution in [-0.2, 0) is 7.05 Å². The molecule has 0 fully saturated rings. The topological polar surface area (TPSA) is 56.7 Å². The summed E-state index contributed by atoms with van der Waals surface area (Å²) in [5, 5.41) is 8.32. The lowest BCUT2D eigenvalue weighted by Gasteiger charge is -2.05. The van der Waals surface area contributed by atoms with Gasteiger partial charge in [0.1, 0.15) is 12.1 Å². The molecular weight excluding hydrogens is 251 g/mol. The zero-order valence-corrected chi connectivity index (χ0v) is 9.89. The van der Waals surface area contributed by atoms with Crippen molar-refractivity contribution in [3.8, 4) is 0 Å². The number of aromatic nitrogens is 3. The van der Waals surface area contributed by atoms with Gasteiger partial charge in [-0.1, -0.05) is 11.6 Å².